The van der Waals surface area contributed by atoms with Gasteiger partial charge in [-0.25, -0.2) is 0 Å². The number of carbonyl (C=O) groups excluding carboxylic acids is 1. The van der Waals surface area contributed by atoms with Crippen LogP contribution in [0, 0.1) is 16.7 Å². The van der Waals surface area contributed by atoms with Crippen molar-refractivity contribution in [3.05, 3.63) is 28.8 Å². The number of aromatic hydroxyl groups is 1. The minimum Gasteiger partial charge on any atom is -0.508 e. The van der Waals surface area contributed by atoms with Crippen molar-refractivity contribution in [3.63, 3.8) is 0 Å². The molecule has 0 heterocycles. The van der Waals surface area contributed by atoms with E-state index in [1.54, 1.807) is 6.92 Å². The second kappa shape index (κ2) is 4.07. The molecule has 0 aliphatic heterocycles. The number of hydrogen-bond acceptors (Lipinski definition) is 3. The van der Waals surface area contributed by atoms with E-state index in [2.05, 4.69) is 6.92 Å². The molecule has 1 aromatic carbocycles. The van der Waals surface area contributed by atoms with Crippen molar-refractivity contribution in [2.75, 3.05) is 0 Å². The third-order valence-electron chi connectivity index (χ3n) is 9.20. The van der Waals surface area contributed by atoms with Crippen molar-refractivity contribution in [1.29, 1.82) is 0 Å². The number of phenols is 1. The Bertz CT molecular complexity index is 829. The minimum absolute atomic E-state index is 0.0264. The first-order valence-corrected chi connectivity index (χ1v) is 9.95. The molecule has 25 heavy (non-hydrogen) atoms. The Labute approximate surface area is 148 Å². The zero-order valence-corrected chi connectivity index (χ0v) is 15.1. The van der Waals surface area contributed by atoms with Gasteiger partial charge in [0.2, 0.25) is 0 Å². The standard InChI is InChI=1S/C22H26O3/c1-12(23)25-19-20(2)6-5-15-16-4-3-13-9-14(24)10-17(18(13)15)21(19)7-8-22(16,20)11-21/h9-10,15-16,19,24H,3-8,11H2,1-2H3/t15?,16?,19-,20+,21-,22+/m0/s1. The smallest absolute Gasteiger partial charge is 0.302 e. The number of benzene rings is 1. The summed E-state index contributed by atoms with van der Waals surface area (Å²) in [4.78, 5) is 12.0. The highest BCUT2D eigenvalue weighted by molar-refractivity contribution is 5.67. The summed E-state index contributed by atoms with van der Waals surface area (Å²) in [6, 6.07) is 4.04. The summed E-state index contributed by atoms with van der Waals surface area (Å²) >= 11 is 0. The highest BCUT2D eigenvalue weighted by Crippen LogP contribution is 2.82. The van der Waals surface area contributed by atoms with Crippen LogP contribution in [-0.2, 0) is 21.4 Å². The molecule has 4 fully saturated rings. The maximum Gasteiger partial charge on any atom is 0.302 e. The summed E-state index contributed by atoms with van der Waals surface area (Å²) < 4.78 is 6.12. The van der Waals surface area contributed by atoms with Gasteiger partial charge in [0.15, 0.2) is 0 Å². The number of aryl methyl sites for hydroxylation is 1. The van der Waals surface area contributed by atoms with Crippen LogP contribution in [0.1, 0.15) is 75.0 Å². The van der Waals surface area contributed by atoms with Gasteiger partial charge in [-0.15, -0.1) is 0 Å². The molecule has 132 valence electrons. The lowest BCUT2D eigenvalue weighted by Gasteiger charge is -2.61. The van der Waals surface area contributed by atoms with E-state index >= 15 is 0 Å². The second-order valence-electron chi connectivity index (χ2n) is 9.75. The van der Waals surface area contributed by atoms with E-state index in [0.717, 1.165) is 25.2 Å². The molecule has 0 saturated heterocycles. The van der Waals surface area contributed by atoms with Crippen LogP contribution in [0.4, 0.5) is 0 Å². The summed E-state index contributed by atoms with van der Waals surface area (Å²) in [6.45, 7) is 3.98. The Kier molecular flexibility index (Phi) is 2.39. The quantitative estimate of drug-likeness (QED) is 0.822. The zero-order chi connectivity index (χ0) is 17.2. The highest BCUT2D eigenvalue weighted by Gasteiger charge is 2.78. The third-order valence-corrected chi connectivity index (χ3v) is 9.20. The topological polar surface area (TPSA) is 46.5 Å². The van der Waals surface area contributed by atoms with Crippen molar-refractivity contribution < 1.29 is 14.6 Å². The van der Waals surface area contributed by atoms with Gasteiger partial charge in [-0.3, -0.25) is 4.79 Å². The SMILES string of the molecule is CC(=O)O[C@@H]1[C@@]23c4cc(O)cc5c4C4CC[C@@]1(C)[C@](CC2)(C3)C4CC5. The highest BCUT2D eigenvalue weighted by atomic mass is 16.5. The molecule has 4 saturated carbocycles. The van der Waals surface area contributed by atoms with Gasteiger partial charge in [-0.1, -0.05) is 6.92 Å². The molecule has 2 bridgehead atoms. The van der Waals surface area contributed by atoms with Gasteiger partial charge in [0, 0.05) is 17.8 Å². The monoisotopic (exact) mass is 338 g/mol. The lowest BCUT2D eigenvalue weighted by atomic mass is 9.44. The van der Waals surface area contributed by atoms with Gasteiger partial charge in [0.25, 0.3) is 0 Å². The third kappa shape index (κ3) is 1.35. The molecule has 5 aliphatic carbocycles. The molecule has 3 nitrogen and oxygen atoms in total. The number of fused-ring (bicyclic) bond motifs is 4. The van der Waals surface area contributed by atoms with Gasteiger partial charge in [0.05, 0.1) is 0 Å². The van der Waals surface area contributed by atoms with Crippen LogP contribution in [0.25, 0.3) is 0 Å². The molecule has 0 amide bonds. The van der Waals surface area contributed by atoms with Crippen LogP contribution in [0.3, 0.4) is 0 Å². The summed E-state index contributed by atoms with van der Waals surface area (Å²) in [5.74, 6) is 1.64. The summed E-state index contributed by atoms with van der Waals surface area (Å²) in [5.41, 5.74) is 4.59. The van der Waals surface area contributed by atoms with Crippen molar-refractivity contribution in [3.8, 4) is 5.75 Å². The molecule has 3 heteroatoms. The molecule has 1 aromatic rings. The maximum absolute atomic E-state index is 12.0. The van der Waals surface area contributed by atoms with Gasteiger partial charge in [0.1, 0.15) is 11.9 Å². The predicted octanol–water partition coefficient (Wildman–Crippen LogP) is 4.21. The number of esters is 1. The van der Waals surface area contributed by atoms with E-state index in [9.17, 15) is 9.90 Å². The van der Waals surface area contributed by atoms with Crippen molar-refractivity contribution in [2.24, 2.45) is 16.7 Å². The van der Waals surface area contributed by atoms with Gasteiger partial charge in [-0.05, 0) is 91.0 Å². The first-order chi connectivity index (χ1) is 11.9. The molecule has 1 N–H and O–H groups in total. The summed E-state index contributed by atoms with van der Waals surface area (Å²) in [6.07, 6.45) is 8.23. The Balaban J connectivity index is 1.72. The van der Waals surface area contributed by atoms with E-state index in [-0.39, 0.29) is 22.9 Å². The van der Waals surface area contributed by atoms with Crippen molar-refractivity contribution in [2.45, 2.75) is 76.2 Å². The molecule has 2 unspecified atom stereocenters. The van der Waals surface area contributed by atoms with Crippen molar-refractivity contribution in [1.82, 2.24) is 0 Å². The largest absolute Gasteiger partial charge is 0.508 e. The fourth-order valence-corrected chi connectivity index (χ4v) is 8.60. The Hall–Kier alpha value is -1.51. The molecular weight excluding hydrogens is 312 g/mol. The second-order valence-corrected chi connectivity index (χ2v) is 9.75. The number of hydrogen-bond donors (Lipinski definition) is 1. The van der Waals surface area contributed by atoms with Crippen LogP contribution in [0.15, 0.2) is 12.1 Å². The van der Waals surface area contributed by atoms with Crippen LogP contribution < -0.4 is 0 Å². The van der Waals surface area contributed by atoms with Gasteiger partial charge < -0.3 is 9.84 Å². The number of rotatable bonds is 2. The lowest BCUT2D eigenvalue weighted by molar-refractivity contribution is -0.175. The van der Waals surface area contributed by atoms with Crippen molar-refractivity contribution >= 4 is 5.97 Å². The summed E-state index contributed by atoms with van der Waals surface area (Å²) in [7, 11) is 0. The molecule has 0 radical (unpaired) electrons. The Morgan fingerprint density at radius 3 is 2.88 bits per heavy atom. The van der Waals surface area contributed by atoms with Gasteiger partial charge in [-0.2, -0.15) is 0 Å². The number of phenolic OH excluding ortho intramolecular Hbond substituents is 1. The molecule has 6 rings (SSSR count). The van der Waals surface area contributed by atoms with E-state index in [1.165, 1.54) is 42.4 Å². The average molecular weight is 338 g/mol. The van der Waals surface area contributed by atoms with E-state index in [1.807, 2.05) is 12.1 Å². The lowest BCUT2D eigenvalue weighted by Crippen LogP contribution is -2.58. The van der Waals surface area contributed by atoms with Gasteiger partial charge >= 0.3 is 5.97 Å². The minimum atomic E-state index is -0.147. The van der Waals surface area contributed by atoms with Crippen LogP contribution >= 0.6 is 0 Å². The van der Waals surface area contributed by atoms with Crippen LogP contribution in [0.2, 0.25) is 0 Å². The molecule has 6 atom stereocenters. The van der Waals surface area contributed by atoms with Crippen LogP contribution in [0.5, 0.6) is 5.75 Å². The van der Waals surface area contributed by atoms with E-state index < -0.39 is 0 Å². The first kappa shape index (κ1) is 14.6. The first-order valence-electron chi connectivity index (χ1n) is 9.95. The molecule has 5 aliphatic rings. The molecule has 1 spiro atoms. The predicted molar refractivity (Wildman–Crippen MR) is 93.5 cm³/mol. The average Bonchev–Trinajstić information content (AvgIpc) is 3.04. The molecular formula is C22H26O3. The number of carbonyl (C=O) groups is 1. The molecule has 0 aromatic heterocycles. The van der Waals surface area contributed by atoms with E-state index in [4.69, 9.17) is 4.74 Å². The maximum atomic E-state index is 12.0. The van der Waals surface area contributed by atoms with E-state index in [0.29, 0.717) is 17.1 Å². The zero-order valence-electron chi connectivity index (χ0n) is 15.1. The van der Waals surface area contributed by atoms with Crippen LogP contribution in [-0.4, -0.2) is 17.2 Å². The Morgan fingerprint density at radius 1 is 1.24 bits per heavy atom. The normalized spacial score (nSPS) is 47.7. The fraction of sp³-hybridized carbons (Fsp3) is 0.682. The fourth-order valence-electron chi connectivity index (χ4n) is 8.60. The Morgan fingerprint density at radius 2 is 2.08 bits per heavy atom. The number of ether oxygens (including phenoxy) is 1. The summed E-state index contributed by atoms with van der Waals surface area (Å²) in [5, 5.41) is 10.5.